The zero-order chi connectivity index (χ0) is 11.1. The van der Waals surface area contributed by atoms with Crippen LogP contribution in [0.5, 0.6) is 0 Å². The molecule has 0 fully saturated rings. The second-order valence-electron chi connectivity index (χ2n) is 3.98. The van der Waals surface area contributed by atoms with Crippen LogP contribution in [0, 0.1) is 0 Å². The van der Waals surface area contributed by atoms with E-state index in [9.17, 15) is 0 Å². The Morgan fingerprint density at radius 3 is 2.53 bits per heavy atom. The van der Waals surface area contributed by atoms with Gasteiger partial charge >= 0.3 is 0 Å². The van der Waals surface area contributed by atoms with Crippen molar-refractivity contribution in [2.24, 2.45) is 0 Å². The summed E-state index contributed by atoms with van der Waals surface area (Å²) in [6.07, 6.45) is 2.63. The van der Waals surface area contributed by atoms with E-state index in [0.717, 1.165) is 0 Å². The van der Waals surface area contributed by atoms with E-state index in [1.165, 1.54) is 34.6 Å². The fourth-order valence-electron chi connectivity index (χ4n) is 1.72. The van der Waals surface area contributed by atoms with E-state index in [-0.39, 0.29) is 0 Å². The summed E-state index contributed by atoms with van der Waals surface area (Å²) < 4.78 is 1.28. The van der Waals surface area contributed by atoms with Gasteiger partial charge in [0.05, 0.1) is 8.80 Å². The van der Waals surface area contributed by atoms with Gasteiger partial charge in [0.1, 0.15) is 0 Å². The first kappa shape index (κ1) is 12.7. The van der Waals surface area contributed by atoms with Gasteiger partial charge in [0, 0.05) is 0 Å². The highest BCUT2D eigenvalue weighted by Crippen LogP contribution is 2.18. The molecule has 0 N–H and O–H groups in total. The molecule has 82 valence electrons. The summed E-state index contributed by atoms with van der Waals surface area (Å²) in [5, 5.41) is 0. The van der Waals surface area contributed by atoms with Crippen LogP contribution < -0.4 is 0 Å². The highest BCUT2D eigenvalue weighted by molar-refractivity contribution is 9.12. The molecule has 0 spiro atoms. The third kappa shape index (κ3) is 4.80. The van der Waals surface area contributed by atoms with E-state index in [1.54, 1.807) is 0 Å². The monoisotopic (exact) mass is 282 g/mol. The van der Waals surface area contributed by atoms with Crippen molar-refractivity contribution in [2.75, 3.05) is 0 Å². The maximum Gasteiger partial charge on any atom is 0.0833 e. The molecule has 0 amide bonds. The molecule has 0 radical (unpaired) electrons. The Morgan fingerprint density at radius 1 is 1.33 bits per heavy atom. The summed E-state index contributed by atoms with van der Waals surface area (Å²) in [6.45, 7) is 6.34. The van der Waals surface area contributed by atoms with Gasteiger partial charge in [-0.25, -0.2) is 0 Å². The lowest BCUT2D eigenvalue weighted by Gasteiger charge is -2.13. The summed E-state index contributed by atoms with van der Waals surface area (Å²) >= 11 is 3.60. The van der Waals surface area contributed by atoms with Crippen LogP contribution in [-0.4, -0.2) is 8.80 Å². The zero-order valence-corrected chi connectivity index (χ0v) is 12.1. The summed E-state index contributed by atoms with van der Waals surface area (Å²) in [5.74, 6) is 0. The van der Waals surface area contributed by atoms with Crippen molar-refractivity contribution in [3.63, 3.8) is 0 Å². The highest BCUT2D eigenvalue weighted by Gasteiger charge is 2.12. The van der Waals surface area contributed by atoms with Crippen molar-refractivity contribution in [3.8, 4) is 0 Å². The lowest BCUT2D eigenvalue weighted by atomic mass is 10.2. The molecular formula is C13H19BrSi. The van der Waals surface area contributed by atoms with Gasteiger partial charge < -0.3 is 0 Å². The van der Waals surface area contributed by atoms with Crippen molar-refractivity contribution in [3.05, 3.63) is 46.6 Å². The van der Waals surface area contributed by atoms with Gasteiger partial charge in [-0.05, 0) is 10.1 Å². The van der Waals surface area contributed by atoms with Gasteiger partial charge in [0.2, 0.25) is 0 Å². The minimum atomic E-state index is -0.829. The van der Waals surface area contributed by atoms with Gasteiger partial charge in [-0.3, -0.25) is 0 Å². The highest BCUT2D eigenvalue weighted by atomic mass is 79.9. The van der Waals surface area contributed by atoms with Crippen molar-refractivity contribution in [2.45, 2.75) is 31.9 Å². The number of hydrogen-bond acceptors (Lipinski definition) is 0. The van der Waals surface area contributed by atoms with Crippen LogP contribution in [0.4, 0.5) is 0 Å². The Kier molecular flexibility index (Phi) is 5.95. The largest absolute Gasteiger partial charge is 0.0933 e. The van der Waals surface area contributed by atoms with Gasteiger partial charge in [0.15, 0.2) is 0 Å². The number of hydrogen-bond donors (Lipinski definition) is 0. The molecule has 1 unspecified atom stereocenters. The lowest BCUT2D eigenvalue weighted by molar-refractivity contribution is 0.872. The predicted octanol–water partition coefficient (Wildman–Crippen LogP) is 4.24. The Labute approximate surface area is 103 Å². The number of halogens is 1. The molecule has 2 heteroatoms. The molecule has 0 aliphatic carbocycles. The van der Waals surface area contributed by atoms with E-state index in [4.69, 9.17) is 0 Å². The first-order chi connectivity index (χ1) is 7.24. The zero-order valence-electron chi connectivity index (χ0n) is 9.38. The third-order valence-corrected chi connectivity index (χ3v) is 7.57. The van der Waals surface area contributed by atoms with E-state index in [2.05, 4.69) is 59.8 Å². The first-order valence-corrected chi connectivity index (χ1v) is 8.62. The molecule has 0 saturated heterocycles. The maximum absolute atomic E-state index is 4.08. The molecule has 0 aliphatic heterocycles. The first-order valence-electron chi connectivity index (χ1n) is 5.62. The second kappa shape index (κ2) is 7.02. The standard InChI is InChI=1S/C13H19BrSi/c1-3-4-10-15(12(2)14)11-13-8-6-5-7-9-13/h5-9,15H,2-4,10-11H2,1H3. The van der Waals surface area contributed by atoms with Crippen LogP contribution in [0.15, 0.2) is 41.0 Å². The minimum absolute atomic E-state index is 0.829. The molecular weight excluding hydrogens is 264 g/mol. The van der Waals surface area contributed by atoms with Gasteiger partial charge in [-0.2, -0.15) is 0 Å². The van der Waals surface area contributed by atoms with Gasteiger partial charge in [0.25, 0.3) is 0 Å². The van der Waals surface area contributed by atoms with Crippen LogP contribution >= 0.6 is 15.9 Å². The van der Waals surface area contributed by atoms with E-state index < -0.39 is 8.80 Å². The Hall–Kier alpha value is -0.343. The van der Waals surface area contributed by atoms with Crippen molar-refractivity contribution >= 4 is 24.7 Å². The molecule has 0 bridgehead atoms. The molecule has 0 heterocycles. The molecule has 15 heavy (non-hydrogen) atoms. The number of benzene rings is 1. The predicted molar refractivity (Wildman–Crippen MR) is 75.1 cm³/mol. The SMILES string of the molecule is C=C(Br)[SiH](CCCC)Cc1ccccc1. The summed E-state index contributed by atoms with van der Waals surface area (Å²) in [6, 6.07) is 13.4. The fraction of sp³-hybridized carbons (Fsp3) is 0.385. The molecule has 0 nitrogen and oxygen atoms in total. The van der Waals surface area contributed by atoms with Gasteiger partial charge in [-0.15, -0.1) is 0 Å². The van der Waals surface area contributed by atoms with E-state index >= 15 is 0 Å². The molecule has 0 saturated carbocycles. The fourth-order valence-corrected chi connectivity index (χ4v) is 5.37. The van der Waals surface area contributed by atoms with Crippen molar-refractivity contribution in [1.29, 1.82) is 0 Å². The quantitative estimate of drug-likeness (QED) is 0.685. The maximum atomic E-state index is 4.08. The normalized spacial score (nSPS) is 12.4. The summed E-state index contributed by atoms with van der Waals surface area (Å²) in [7, 11) is -0.829. The van der Waals surface area contributed by atoms with Crippen LogP contribution in [0.2, 0.25) is 6.04 Å². The van der Waals surface area contributed by atoms with Crippen LogP contribution in [0.25, 0.3) is 0 Å². The number of rotatable bonds is 6. The van der Waals surface area contributed by atoms with Crippen molar-refractivity contribution in [1.82, 2.24) is 0 Å². The molecule has 0 aromatic heterocycles. The summed E-state index contributed by atoms with van der Waals surface area (Å²) in [5.41, 5.74) is 1.46. The Morgan fingerprint density at radius 2 is 2.00 bits per heavy atom. The average molecular weight is 283 g/mol. The number of unbranched alkanes of at least 4 members (excludes halogenated alkanes) is 1. The van der Waals surface area contributed by atoms with E-state index in [1.807, 2.05) is 0 Å². The molecule has 1 aromatic carbocycles. The smallest absolute Gasteiger partial charge is 0.0833 e. The van der Waals surface area contributed by atoms with E-state index in [0.29, 0.717) is 0 Å². The van der Waals surface area contributed by atoms with Gasteiger partial charge in [-0.1, -0.05) is 84.2 Å². The third-order valence-electron chi connectivity index (χ3n) is 2.67. The lowest BCUT2D eigenvalue weighted by Crippen LogP contribution is -2.16. The van der Waals surface area contributed by atoms with Crippen molar-refractivity contribution < 1.29 is 0 Å². The molecule has 1 rings (SSSR count). The second-order valence-corrected chi connectivity index (χ2v) is 8.92. The van der Waals surface area contributed by atoms with Crippen LogP contribution in [-0.2, 0) is 6.04 Å². The Balaban J connectivity index is 2.55. The van der Waals surface area contributed by atoms with Crippen LogP contribution in [0.1, 0.15) is 25.3 Å². The minimum Gasteiger partial charge on any atom is -0.0933 e. The average Bonchev–Trinajstić information content (AvgIpc) is 2.25. The molecule has 0 aliphatic rings. The molecule has 1 aromatic rings. The Bertz CT molecular complexity index is 295. The van der Waals surface area contributed by atoms with Crippen LogP contribution in [0.3, 0.4) is 0 Å². The molecule has 1 atom stereocenters. The topological polar surface area (TPSA) is 0 Å². The summed E-state index contributed by atoms with van der Waals surface area (Å²) in [4.78, 5) is 0.